The number of rotatable bonds is 9. The van der Waals surface area contributed by atoms with Crippen molar-refractivity contribution in [2.45, 2.75) is 32.6 Å². The topological polar surface area (TPSA) is 59.3 Å². The van der Waals surface area contributed by atoms with E-state index >= 15 is 0 Å². The minimum atomic E-state index is -1.03. The van der Waals surface area contributed by atoms with E-state index in [0.29, 0.717) is 26.1 Å². The quantitative estimate of drug-likeness (QED) is 0.367. The van der Waals surface area contributed by atoms with Gasteiger partial charge < -0.3 is 9.47 Å². The summed E-state index contributed by atoms with van der Waals surface area (Å²) < 4.78 is 10.8. The molecule has 4 heteroatoms. The van der Waals surface area contributed by atoms with Gasteiger partial charge in [0.15, 0.2) is 5.41 Å². The van der Waals surface area contributed by atoms with Crippen LogP contribution in [0.15, 0.2) is 55.1 Å². The molecule has 2 rings (SSSR count). The summed E-state index contributed by atoms with van der Waals surface area (Å²) in [6.45, 7) is 6.48. The van der Waals surface area contributed by atoms with E-state index in [9.17, 15) is 10.1 Å². The Morgan fingerprint density at radius 3 is 2.81 bits per heavy atom. The van der Waals surface area contributed by atoms with Gasteiger partial charge in [-0.15, -0.1) is 6.58 Å². The van der Waals surface area contributed by atoms with Crippen LogP contribution < -0.4 is 4.74 Å². The van der Waals surface area contributed by atoms with Crippen LogP contribution in [0.4, 0.5) is 0 Å². The Hall–Kier alpha value is -2.54. The highest BCUT2D eigenvalue weighted by atomic mass is 16.5. The Balaban J connectivity index is 1.94. The van der Waals surface area contributed by atoms with Crippen LogP contribution in [-0.4, -0.2) is 19.2 Å². The molecular formula is C22H27NO3. The molecule has 0 spiro atoms. The molecule has 26 heavy (non-hydrogen) atoms. The van der Waals surface area contributed by atoms with Gasteiger partial charge in [0, 0.05) is 0 Å². The lowest BCUT2D eigenvalue weighted by Crippen LogP contribution is -2.29. The van der Waals surface area contributed by atoms with Gasteiger partial charge in [-0.1, -0.05) is 36.4 Å². The Morgan fingerprint density at radius 1 is 1.38 bits per heavy atom. The number of para-hydroxylation sites is 1. The zero-order valence-corrected chi connectivity index (χ0v) is 15.4. The zero-order valence-electron chi connectivity index (χ0n) is 15.4. The molecule has 0 amide bonds. The van der Waals surface area contributed by atoms with Crippen LogP contribution in [0, 0.1) is 28.6 Å². The van der Waals surface area contributed by atoms with E-state index in [-0.39, 0.29) is 17.8 Å². The molecule has 0 saturated heterocycles. The molecule has 0 N–H and O–H groups in total. The molecule has 0 aliphatic heterocycles. The number of carbonyl (C=O) groups is 1. The summed E-state index contributed by atoms with van der Waals surface area (Å²) in [6, 6.07) is 11.9. The maximum Gasteiger partial charge on any atom is 0.326 e. The van der Waals surface area contributed by atoms with E-state index in [2.05, 4.69) is 24.8 Å². The van der Waals surface area contributed by atoms with Gasteiger partial charge in [-0.05, 0) is 56.6 Å². The summed E-state index contributed by atoms with van der Waals surface area (Å²) in [5.41, 5.74) is -1.03. The average Bonchev–Trinajstić information content (AvgIpc) is 3.02. The van der Waals surface area contributed by atoms with Crippen molar-refractivity contribution in [1.29, 1.82) is 5.26 Å². The second kappa shape index (κ2) is 9.82. The van der Waals surface area contributed by atoms with Gasteiger partial charge in [0.25, 0.3) is 0 Å². The van der Waals surface area contributed by atoms with Gasteiger partial charge in [-0.25, -0.2) is 0 Å². The summed E-state index contributed by atoms with van der Waals surface area (Å²) in [4.78, 5) is 12.3. The van der Waals surface area contributed by atoms with Gasteiger partial charge in [-0.2, -0.15) is 5.26 Å². The molecule has 0 bridgehead atoms. The molecule has 0 heterocycles. The molecule has 1 aliphatic carbocycles. The van der Waals surface area contributed by atoms with E-state index in [1.807, 2.05) is 36.4 Å². The lowest BCUT2D eigenvalue weighted by Gasteiger charge is -2.18. The molecule has 1 unspecified atom stereocenters. The van der Waals surface area contributed by atoms with E-state index in [4.69, 9.17) is 9.47 Å². The fourth-order valence-corrected chi connectivity index (χ4v) is 3.55. The van der Waals surface area contributed by atoms with Crippen molar-refractivity contribution in [2.24, 2.45) is 17.3 Å². The third-order valence-corrected chi connectivity index (χ3v) is 4.83. The highest BCUT2D eigenvalue weighted by Crippen LogP contribution is 2.48. The first-order valence-corrected chi connectivity index (χ1v) is 9.19. The van der Waals surface area contributed by atoms with Gasteiger partial charge in [0.2, 0.25) is 0 Å². The van der Waals surface area contributed by atoms with Crippen LogP contribution in [0.3, 0.4) is 0 Å². The number of nitriles is 1. The third kappa shape index (κ3) is 4.98. The summed E-state index contributed by atoms with van der Waals surface area (Å²) in [5, 5.41) is 9.63. The summed E-state index contributed by atoms with van der Waals surface area (Å²) in [6.07, 6.45) is 8.69. The van der Waals surface area contributed by atoms with Crippen molar-refractivity contribution in [2.75, 3.05) is 13.2 Å². The van der Waals surface area contributed by atoms with Crippen LogP contribution in [0.5, 0.6) is 5.75 Å². The molecule has 1 aromatic carbocycles. The number of allylic oxidation sites excluding steroid dienone is 2. The Kier molecular flexibility index (Phi) is 7.47. The molecule has 138 valence electrons. The van der Waals surface area contributed by atoms with Gasteiger partial charge >= 0.3 is 5.97 Å². The van der Waals surface area contributed by atoms with Gasteiger partial charge in [0.1, 0.15) is 5.75 Å². The zero-order chi connectivity index (χ0) is 18.8. The lowest BCUT2D eigenvalue weighted by molar-refractivity contribution is -0.151. The second-order valence-corrected chi connectivity index (χ2v) is 6.65. The smallest absolute Gasteiger partial charge is 0.326 e. The minimum absolute atomic E-state index is 0.175. The first-order valence-electron chi connectivity index (χ1n) is 9.19. The first-order chi connectivity index (χ1) is 12.6. The first kappa shape index (κ1) is 19.8. The number of ether oxygens (including phenoxy) is 2. The van der Waals surface area contributed by atoms with Gasteiger partial charge in [-0.3, -0.25) is 4.79 Å². The van der Waals surface area contributed by atoms with Crippen LogP contribution in [-0.2, 0) is 9.53 Å². The maximum absolute atomic E-state index is 12.3. The van der Waals surface area contributed by atoms with Crippen molar-refractivity contribution in [1.82, 2.24) is 0 Å². The average molecular weight is 353 g/mol. The van der Waals surface area contributed by atoms with E-state index in [0.717, 1.165) is 18.6 Å². The molecule has 4 nitrogen and oxygen atoms in total. The minimum Gasteiger partial charge on any atom is -0.493 e. The number of carbonyl (C=O) groups excluding carboxylic acids is 1. The number of benzene rings is 1. The largest absolute Gasteiger partial charge is 0.493 e. The van der Waals surface area contributed by atoms with Crippen molar-refractivity contribution >= 4 is 5.97 Å². The van der Waals surface area contributed by atoms with Crippen molar-refractivity contribution < 1.29 is 14.3 Å². The number of hydrogen-bond acceptors (Lipinski definition) is 4. The number of hydrogen-bond donors (Lipinski definition) is 0. The fraction of sp³-hybridized carbons (Fsp3) is 0.455. The molecule has 1 aliphatic rings. The van der Waals surface area contributed by atoms with Crippen LogP contribution in [0.25, 0.3) is 0 Å². The molecule has 1 saturated carbocycles. The Bertz CT molecular complexity index is 662. The predicted molar refractivity (Wildman–Crippen MR) is 101 cm³/mol. The predicted octanol–water partition coefficient (Wildman–Crippen LogP) is 4.69. The van der Waals surface area contributed by atoms with E-state index in [1.54, 1.807) is 6.92 Å². The summed E-state index contributed by atoms with van der Waals surface area (Å²) >= 11 is 0. The monoisotopic (exact) mass is 353 g/mol. The third-order valence-electron chi connectivity index (χ3n) is 4.83. The molecular weight excluding hydrogens is 326 g/mol. The highest BCUT2D eigenvalue weighted by molar-refractivity contribution is 5.80. The standard InChI is InChI=1S/C22H27NO3/c1-3-10-18-15-22(17-23,21(24)25-4-2)16-19(18)11-8-9-14-26-20-12-6-5-7-13-20/h3,5-8,11-13,18-19H,1,4,9-10,14-16H2,2H3/b11-8+/t18-,19-,22?/m1/s1. The molecule has 1 fully saturated rings. The molecule has 1 aromatic rings. The van der Waals surface area contributed by atoms with Crippen LogP contribution >= 0.6 is 0 Å². The lowest BCUT2D eigenvalue weighted by atomic mass is 9.86. The van der Waals surface area contributed by atoms with Crippen molar-refractivity contribution in [3.8, 4) is 11.8 Å². The molecule has 3 atom stereocenters. The highest BCUT2D eigenvalue weighted by Gasteiger charge is 2.50. The number of nitrogens with zero attached hydrogens (tertiary/aromatic N) is 1. The van der Waals surface area contributed by atoms with E-state index < -0.39 is 5.41 Å². The fourth-order valence-electron chi connectivity index (χ4n) is 3.55. The number of esters is 1. The van der Waals surface area contributed by atoms with Crippen molar-refractivity contribution in [3.05, 3.63) is 55.1 Å². The maximum atomic E-state index is 12.3. The van der Waals surface area contributed by atoms with Gasteiger partial charge in [0.05, 0.1) is 19.3 Å². The SMILES string of the molecule is C=CC[C@@H]1CC(C#N)(C(=O)OCC)C[C@H]1/C=C/CCOc1ccccc1. The summed E-state index contributed by atoms with van der Waals surface area (Å²) in [7, 11) is 0. The van der Waals surface area contributed by atoms with Crippen LogP contribution in [0.1, 0.15) is 32.6 Å². The summed E-state index contributed by atoms with van der Waals surface area (Å²) in [5.74, 6) is 0.883. The van der Waals surface area contributed by atoms with Crippen molar-refractivity contribution in [3.63, 3.8) is 0 Å². The molecule has 0 radical (unpaired) electrons. The Labute approximate surface area is 156 Å². The molecule has 0 aromatic heterocycles. The van der Waals surface area contributed by atoms with E-state index in [1.165, 1.54) is 0 Å². The second-order valence-electron chi connectivity index (χ2n) is 6.65. The Morgan fingerprint density at radius 2 is 2.15 bits per heavy atom. The normalized spacial score (nSPS) is 24.9. The van der Waals surface area contributed by atoms with Crippen LogP contribution in [0.2, 0.25) is 0 Å².